The number of carbonyl (C=O) groups excluding carboxylic acids is 1. The maximum absolute atomic E-state index is 11.8. The van der Waals surface area contributed by atoms with E-state index in [2.05, 4.69) is 4.98 Å². The highest BCUT2D eigenvalue weighted by molar-refractivity contribution is 7.90. The van der Waals surface area contributed by atoms with E-state index >= 15 is 0 Å². The first kappa shape index (κ1) is 14.1. The van der Waals surface area contributed by atoms with Gasteiger partial charge < -0.3 is 4.90 Å². The fourth-order valence-corrected chi connectivity index (χ4v) is 1.79. The molecule has 0 unspecified atom stereocenters. The normalized spacial score (nSPS) is 10.7. The number of hydrogen-bond acceptors (Lipinski definition) is 5. The molecule has 18 heavy (non-hydrogen) atoms. The van der Waals surface area contributed by atoms with Gasteiger partial charge in [-0.3, -0.25) is 4.79 Å². The summed E-state index contributed by atoms with van der Waals surface area (Å²) >= 11 is 0. The smallest absolute Gasteiger partial charge is 0.272 e. The maximum Gasteiger partial charge on any atom is 0.272 e. The first-order valence-corrected chi connectivity index (χ1v) is 7.19. The third kappa shape index (κ3) is 4.14. The molecule has 0 saturated carbocycles. The molecule has 0 atom stereocenters. The van der Waals surface area contributed by atoms with Gasteiger partial charge in [0.05, 0.1) is 11.3 Å². The quantitative estimate of drug-likeness (QED) is 0.770. The highest BCUT2D eigenvalue weighted by atomic mass is 32.2. The fraction of sp³-hybridized carbons (Fsp3) is 0.364. The van der Waals surface area contributed by atoms with E-state index in [-0.39, 0.29) is 23.9 Å². The van der Waals surface area contributed by atoms with E-state index in [1.165, 1.54) is 30.3 Å². The molecule has 1 aromatic heterocycles. The van der Waals surface area contributed by atoms with Crippen LogP contribution in [0.25, 0.3) is 0 Å². The second-order valence-electron chi connectivity index (χ2n) is 3.90. The molecule has 1 rings (SSSR count). The fourth-order valence-electron chi connectivity index (χ4n) is 1.19. The topological polar surface area (TPSA) is 91.1 Å². The lowest BCUT2D eigenvalue weighted by Crippen LogP contribution is -2.31. The van der Waals surface area contributed by atoms with Crippen LogP contribution in [0, 0.1) is 11.3 Å². The van der Waals surface area contributed by atoms with Crippen molar-refractivity contribution in [3.05, 3.63) is 29.6 Å². The molecule has 0 aliphatic heterocycles. The number of nitriles is 1. The van der Waals surface area contributed by atoms with E-state index in [1.54, 1.807) is 0 Å². The number of hydrogen-bond donors (Lipinski definition) is 0. The highest BCUT2D eigenvalue weighted by Gasteiger charge is 2.14. The zero-order chi connectivity index (χ0) is 13.8. The van der Waals surface area contributed by atoms with E-state index in [0.29, 0.717) is 5.56 Å². The maximum atomic E-state index is 11.8. The third-order valence-corrected chi connectivity index (χ3v) is 3.18. The lowest BCUT2D eigenvalue weighted by molar-refractivity contribution is 0.0797. The van der Waals surface area contributed by atoms with Crippen LogP contribution in [0.1, 0.15) is 16.1 Å². The molecule has 0 N–H and O–H groups in total. The van der Waals surface area contributed by atoms with Gasteiger partial charge in [0.25, 0.3) is 5.91 Å². The summed E-state index contributed by atoms with van der Waals surface area (Å²) in [5.41, 5.74) is 0.551. The van der Waals surface area contributed by atoms with Crippen molar-refractivity contribution in [1.82, 2.24) is 9.88 Å². The number of amides is 1. The number of rotatable bonds is 4. The summed E-state index contributed by atoms with van der Waals surface area (Å²) in [4.78, 5) is 17.0. The van der Waals surface area contributed by atoms with E-state index < -0.39 is 9.84 Å². The summed E-state index contributed by atoms with van der Waals surface area (Å²) in [6, 6.07) is 4.83. The van der Waals surface area contributed by atoms with Crippen molar-refractivity contribution in [2.75, 3.05) is 25.6 Å². The van der Waals surface area contributed by atoms with Crippen molar-refractivity contribution in [1.29, 1.82) is 5.26 Å². The molecule has 0 saturated heterocycles. The Balaban J connectivity index is 2.71. The molecule has 6 nitrogen and oxygen atoms in total. The average molecular weight is 267 g/mol. The summed E-state index contributed by atoms with van der Waals surface area (Å²) < 4.78 is 22.0. The van der Waals surface area contributed by atoms with Crippen molar-refractivity contribution in [3.8, 4) is 6.07 Å². The van der Waals surface area contributed by atoms with Gasteiger partial charge in [-0.1, -0.05) is 0 Å². The van der Waals surface area contributed by atoms with Gasteiger partial charge in [0.2, 0.25) is 0 Å². The Morgan fingerprint density at radius 1 is 1.50 bits per heavy atom. The van der Waals surface area contributed by atoms with Crippen LogP contribution in [-0.2, 0) is 9.84 Å². The van der Waals surface area contributed by atoms with Gasteiger partial charge in [0.15, 0.2) is 0 Å². The standard InChI is InChI=1S/C11H13N3O3S/c1-14(5-6-18(2,16)17)11(15)10-4-3-9(7-12)8-13-10/h3-4,8H,5-6H2,1-2H3. The number of pyridine rings is 1. The summed E-state index contributed by atoms with van der Waals surface area (Å²) in [5, 5.41) is 8.60. The lowest BCUT2D eigenvalue weighted by atomic mass is 10.2. The average Bonchev–Trinajstić information content (AvgIpc) is 2.34. The molecule has 0 aliphatic carbocycles. The van der Waals surface area contributed by atoms with Gasteiger partial charge in [-0.15, -0.1) is 0 Å². The largest absolute Gasteiger partial charge is 0.339 e. The molecule has 0 spiro atoms. The molecule has 0 aromatic carbocycles. The van der Waals surface area contributed by atoms with Gasteiger partial charge >= 0.3 is 0 Å². The Hall–Kier alpha value is -1.94. The molecule has 7 heteroatoms. The molecule has 0 fully saturated rings. The molecule has 0 aliphatic rings. The van der Waals surface area contributed by atoms with Gasteiger partial charge in [-0.2, -0.15) is 5.26 Å². The minimum atomic E-state index is -3.10. The minimum Gasteiger partial charge on any atom is -0.339 e. The van der Waals surface area contributed by atoms with Crippen LogP contribution >= 0.6 is 0 Å². The highest BCUT2D eigenvalue weighted by Crippen LogP contribution is 2.02. The van der Waals surface area contributed by atoms with Gasteiger partial charge in [-0.05, 0) is 12.1 Å². The van der Waals surface area contributed by atoms with Crippen LogP contribution in [0.2, 0.25) is 0 Å². The van der Waals surface area contributed by atoms with E-state index in [0.717, 1.165) is 6.26 Å². The molecule has 96 valence electrons. The molecular weight excluding hydrogens is 254 g/mol. The monoisotopic (exact) mass is 267 g/mol. The first-order valence-electron chi connectivity index (χ1n) is 5.13. The Kier molecular flexibility index (Phi) is 4.39. The second kappa shape index (κ2) is 5.60. The molecule has 1 heterocycles. The third-order valence-electron chi connectivity index (χ3n) is 2.26. The molecule has 1 aromatic rings. The molecule has 1 amide bonds. The van der Waals surface area contributed by atoms with Crippen molar-refractivity contribution in [2.45, 2.75) is 0 Å². The van der Waals surface area contributed by atoms with Gasteiger partial charge in [0, 0.05) is 26.0 Å². The number of sulfone groups is 1. The van der Waals surface area contributed by atoms with Crippen LogP contribution in [0.15, 0.2) is 18.3 Å². The predicted molar refractivity (Wildman–Crippen MR) is 65.6 cm³/mol. The SMILES string of the molecule is CN(CCS(C)(=O)=O)C(=O)c1ccc(C#N)cn1. The summed E-state index contributed by atoms with van der Waals surface area (Å²) in [5.74, 6) is -0.464. The van der Waals surface area contributed by atoms with Crippen molar-refractivity contribution in [3.63, 3.8) is 0 Å². The second-order valence-corrected chi connectivity index (χ2v) is 6.16. The Morgan fingerprint density at radius 3 is 2.61 bits per heavy atom. The van der Waals surface area contributed by atoms with E-state index in [4.69, 9.17) is 5.26 Å². The van der Waals surface area contributed by atoms with E-state index in [1.807, 2.05) is 6.07 Å². The Bertz CT molecular complexity index is 573. The van der Waals surface area contributed by atoms with Gasteiger partial charge in [-0.25, -0.2) is 13.4 Å². The van der Waals surface area contributed by atoms with Gasteiger partial charge in [0.1, 0.15) is 21.6 Å². The number of aromatic nitrogens is 1. The number of carbonyl (C=O) groups is 1. The first-order chi connectivity index (χ1) is 8.33. The minimum absolute atomic E-state index is 0.0917. The summed E-state index contributed by atoms with van der Waals surface area (Å²) in [7, 11) is -1.60. The van der Waals surface area contributed by atoms with Crippen molar-refractivity contribution < 1.29 is 13.2 Å². The Labute approximate surface area is 106 Å². The summed E-state index contributed by atoms with van der Waals surface area (Å²) in [6.45, 7) is 0.110. The van der Waals surface area contributed by atoms with Crippen molar-refractivity contribution in [2.24, 2.45) is 0 Å². The van der Waals surface area contributed by atoms with Crippen molar-refractivity contribution >= 4 is 15.7 Å². The summed E-state index contributed by atoms with van der Waals surface area (Å²) in [6.07, 6.45) is 2.42. The zero-order valence-corrected chi connectivity index (χ0v) is 10.9. The zero-order valence-electron chi connectivity index (χ0n) is 10.1. The number of nitrogens with zero attached hydrogens (tertiary/aromatic N) is 3. The van der Waals surface area contributed by atoms with Crippen LogP contribution in [0.3, 0.4) is 0 Å². The van der Waals surface area contributed by atoms with Crippen LogP contribution in [0.5, 0.6) is 0 Å². The predicted octanol–water partition coefficient (Wildman–Crippen LogP) is 0.0699. The van der Waals surface area contributed by atoms with Crippen LogP contribution < -0.4 is 0 Å². The Morgan fingerprint density at radius 2 is 2.17 bits per heavy atom. The molecule has 0 radical (unpaired) electrons. The molecule has 0 bridgehead atoms. The van der Waals surface area contributed by atoms with E-state index in [9.17, 15) is 13.2 Å². The van der Waals surface area contributed by atoms with Crippen LogP contribution in [0.4, 0.5) is 0 Å². The van der Waals surface area contributed by atoms with Crippen LogP contribution in [-0.4, -0.2) is 49.8 Å². The molecular formula is C11H13N3O3S. The lowest BCUT2D eigenvalue weighted by Gasteiger charge is -2.15.